The number of amides is 1. The van der Waals surface area contributed by atoms with E-state index in [0.717, 1.165) is 22.9 Å². The summed E-state index contributed by atoms with van der Waals surface area (Å²) in [6.45, 7) is 2.24. The molecule has 1 aromatic carbocycles. The average molecular weight is 335 g/mol. The van der Waals surface area contributed by atoms with Crippen LogP contribution in [0.5, 0.6) is 0 Å². The van der Waals surface area contributed by atoms with E-state index in [1.165, 1.54) is 12.1 Å². The number of carbonyl (C=O) groups is 1. The van der Waals surface area contributed by atoms with E-state index in [-0.39, 0.29) is 22.9 Å². The first kappa shape index (κ1) is 15.7. The van der Waals surface area contributed by atoms with Gasteiger partial charge in [-0.1, -0.05) is 24.2 Å². The molecule has 0 aliphatic carbocycles. The Hall–Kier alpha value is -2.19. The maximum absolute atomic E-state index is 12.4. The number of rotatable bonds is 5. The third-order valence-corrected chi connectivity index (χ3v) is 5.05. The normalized spacial score (nSPS) is 16.4. The summed E-state index contributed by atoms with van der Waals surface area (Å²) in [5, 5.41) is 5.03. The van der Waals surface area contributed by atoms with E-state index in [1.807, 2.05) is 13.0 Å². The third-order valence-electron chi connectivity index (χ3n) is 3.66. The summed E-state index contributed by atoms with van der Waals surface area (Å²) in [4.78, 5) is 14.7. The lowest BCUT2D eigenvalue weighted by Crippen LogP contribution is -2.50. The van der Waals surface area contributed by atoms with Crippen molar-refractivity contribution < 1.29 is 17.7 Å². The van der Waals surface area contributed by atoms with Crippen molar-refractivity contribution in [3.05, 3.63) is 47.3 Å². The summed E-state index contributed by atoms with van der Waals surface area (Å²) in [5.74, 6) is 0.386. The fourth-order valence-corrected chi connectivity index (χ4v) is 3.72. The van der Waals surface area contributed by atoms with Gasteiger partial charge in [0.2, 0.25) is 0 Å². The number of hydrogen-bond donors (Lipinski definition) is 1. The Kier molecular flexibility index (Phi) is 4.18. The summed E-state index contributed by atoms with van der Waals surface area (Å²) in [7, 11) is -3.70. The van der Waals surface area contributed by atoms with E-state index < -0.39 is 10.0 Å². The second kappa shape index (κ2) is 6.13. The van der Waals surface area contributed by atoms with Crippen molar-refractivity contribution in [3.8, 4) is 0 Å². The predicted molar refractivity (Wildman–Crippen MR) is 82.0 cm³/mol. The summed E-state index contributed by atoms with van der Waals surface area (Å²) in [6.07, 6.45) is 1.94. The molecule has 0 unspecified atom stereocenters. The molecule has 23 heavy (non-hydrogen) atoms. The molecule has 2 aromatic rings. The van der Waals surface area contributed by atoms with Gasteiger partial charge >= 0.3 is 0 Å². The number of hydrogen-bond acceptors (Lipinski definition) is 5. The Morgan fingerprint density at radius 2 is 2.09 bits per heavy atom. The number of fused-ring (bicyclic) bond motifs is 1. The molecule has 1 N–H and O–H groups in total. The van der Waals surface area contributed by atoms with Crippen LogP contribution in [0.15, 0.2) is 39.8 Å². The van der Waals surface area contributed by atoms with Crippen LogP contribution in [0.4, 0.5) is 0 Å². The van der Waals surface area contributed by atoms with Crippen molar-refractivity contribution in [1.82, 2.24) is 15.0 Å². The van der Waals surface area contributed by atoms with E-state index in [2.05, 4.69) is 9.99 Å². The zero-order chi connectivity index (χ0) is 16.4. The lowest BCUT2D eigenvalue weighted by atomic mass is 10.2. The number of aryl methyl sites for hydroxylation is 2. The first-order valence-electron chi connectivity index (χ1n) is 7.39. The fraction of sp³-hybridized carbons (Fsp3) is 0.333. The molecule has 7 nitrogen and oxygen atoms in total. The van der Waals surface area contributed by atoms with E-state index in [9.17, 15) is 13.2 Å². The topological polar surface area (TPSA) is 92.5 Å². The average Bonchev–Trinajstić information content (AvgIpc) is 3.00. The highest BCUT2D eigenvalue weighted by atomic mass is 32.2. The molecule has 8 heteroatoms. The minimum absolute atomic E-state index is 0.0177. The van der Waals surface area contributed by atoms with Crippen LogP contribution in [0.25, 0.3) is 0 Å². The number of aromatic nitrogens is 1. The van der Waals surface area contributed by atoms with Crippen molar-refractivity contribution in [2.24, 2.45) is 0 Å². The van der Waals surface area contributed by atoms with Crippen molar-refractivity contribution in [2.75, 3.05) is 6.54 Å². The smallest absolute Gasteiger partial charge is 0.270 e. The van der Waals surface area contributed by atoms with Crippen molar-refractivity contribution >= 4 is 15.9 Å². The zero-order valence-electron chi connectivity index (χ0n) is 12.7. The number of nitrogens with zero attached hydrogens (tertiary/aromatic N) is 2. The van der Waals surface area contributed by atoms with Gasteiger partial charge in [0.05, 0.1) is 16.2 Å². The van der Waals surface area contributed by atoms with Gasteiger partial charge in [-0.3, -0.25) is 9.80 Å². The minimum atomic E-state index is -3.70. The van der Waals surface area contributed by atoms with Crippen LogP contribution in [-0.2, 0) is 22.9 Å². The SMILES string of the molecule is CCc1cc(CCCN2NS(=O)(=O)c3ccccc3C2=O)on1. The minimum Gasteiger partial charge on any atom is -0.361 e. The molecular formula is C15H17N3O4S. The predicted octanol–water partition coefficient (Wildman–Crippen LogP) is 1.52. The van der Waals surface area contributed by atoms with Gasteiger partial charge in [-0.15, -0.1) is 4.83 Å². The lowest BCUT2D eigenvalue weighted by Gasteiger charge is -2.28. The Labute approximate surface area is 134 Å². The Balaban J connectivity index is 1.68. The second-order valence-corrected chi connectivity index (χ2v) is 6.92. The van der Waals surface area contributed by atoms with Gasteiger partial charge in [-0.25, -0.2) is 8.42 Å². The molecule has 0 saturated carbocycles. The highest BCUT2D eigenvalue weighted by Crippen LogP contribution is 2.22. The quantitative estimate of drug-likeness (QED) is 0.894. The summed E-state index contributed by atoms with van der Waals surface area (Å²) in [6, 6.07) is 8.06. The Bertz CT molecular complexity index is 829. The maximum Gasteiger partial charge on any atom is 0.270 e. The van der Waals surface area contributed by atoms with E-state index in [4.69, 9.17) is 4.52 Å². The Morgan fingerprint density at radius 1 is 1.30 bits per heavy atom. The maximum atomic E-state index is 12.4. The highest BCUT2D eigenvalue weighted by molar-refractivity contribution is 7.89. The van der Waals surface area contributed by atoms with Crippen LogP contribution >= 0.6 is 0 Å². The lowest BCUT2D eigenvalue weighted by molar-refractivity contribution is 0.0699. The first-order valence-corrected chi connectivity index (χ1v) is 8.87. The second-order valence-electron chi connectivity index (χ2n) is 5.29. The van der Waals surface area contributed by atoms with Crippen LogP contribution in [0.3, 0.4) is 0 Å². The Morgan fingerprint density at radius 3 is 2.83 bits per heavy atom. The van der Waals surface area contributed by atoms with Crippen LogP contribution in [0.2, 0.25) is 0 Å². The van der Waals surface area contributed by atoms with Gasteiger partial charge in [0.1, 0.15) is 5.76 Å². The van der Waals surface area contributed by atoms with Crippen molar-refractivity contribution in [2.45, 2.75) is 31.1 Å². The molecule has 1 aliphatic heterocycles. The number of hydrazine groups is 1. The highest BCUT2D eigenvalue weighted by Gasteiger charge is 2.33. The molecule has 0 spiro atoms. The molecule has 1 amide bonds. The monoisotopic (exact) mass is 335 g/mol. The van der Waals surface area contributed by atoms with Gasteiger partial charge in [-0.2, -0.15) is 0 Å². The van der Waals surface area contributed by atoms with Gasteiger partial charge < -0.3 is 4.52 Å². The van der Waals surface area contributed by atoms with E-state index in [1.54, 1.807) is 12.1 Å². The van der Waals surface area contributed by atoms with Crippen LogP contribution in [0.1, 0.15) is 35.2 Å². The number of benzene rings is 1. The number of carbonyl (C=O) groups excluding carboxylic acids is 1. The molecule has 0 saturated heterocycles. The molecule has 1 aliphatic rings. The molecule has 0 bridgehead atoms. The molecule has 1 aromatic heterocycles. The first-order chi connectivity index (χ1) is 11.0. The molecular weight excluding hydrogens is 318 g/mol. The molecule has 0 atom stereocenters. The molecule has 122 valence electrons. The summed E-state index contributed by atoms with van der Waals surface area (Å²) in [5.41, 5.74) is 1.07. The van der Waals surface area contributed by atoms with Crippen LogP contribution in [0, 0.1) is 0 Å². The molecule has 2 heterocycles. The standard InChI is InChI=1S/C15H17N3O4S/c1-2-11-10-12(22-16-11)6-5-9-18-15(19)13-7-3-4-8-14(13)23(20,21)17-18/h3-4,7-8,10,17H,2,5-6,9H2,1H3. The summed E-state index contributed by atoms with van der Waals surface area (Å²) < 4.78 is 29.5. The number of sulfonamides is 1. The molecule has 3 rings (SSSR count). The third kappa shape index (κ3) is 3.13. The fourth-order valence-electron chi connectivity index (χ4n) is 2.46. The zero-order valence-corrected chi connectivity index (χ0v) is 13.5. The summed E-state index contributed by atoms with van der Waals surface area (Å²) >= 11 is 0. The van der Waals surface area contributed by atoms with Crippen LogP contribution < -0.4 is 4.83 Å². The van der Waals surface area contributed by atoms with E-state index >= 15 is 0 Å². The molecule has 0 fully saturated rings. The van der Waals surface area contributed by atoms with E-state index in [0.29, 0.717) is 12.8 Å². The van der Waals surface area contributed by atoms with Gasteiger partial charge in [0.25, 0.3) is 15.9 Å². The van der Waals surface area contributed by atoms with Crippen molar-refractivity contribution in [3.63, 3.8) is 0 Å². The number of nitrogens with one attached hydrogen (secondary N) is 1. The largest absolute Gasteiger partial charge is 0.361 e. The van der Waals surface area contributed by atoms with Crippen molar-refractivity contribution in [1.29, 1.82) is 0 Å². The van der Waals surface area contributed by atoms with Gasteiger partial charge in [0.15, 0.2) is 0 Å². The van der Waals surface area contributed by atoms with Gasteiger partial charge in [-0.05, 0) is 25.0 Å². The molecule has 0 radical (unpaired) electrons. The van der Waals surface area contributed by atoms with Crippen LogP contribution in [-0.4, -0.2) is 31.0 Å². The van der Waals surface area contributed by atoms with Gasteiger partial charge in [0, 0.05) is 19.0 Å².